The standard InChI is InChI=1S/C15H16N4OS/c1-10-6-11(2)8-13(7-10)17-15(21)19-18-14(20)12-4-3-5-16-9-12/h3-9H,1-2H3,(H,18,20)(H2,17,19,21). The van der Waals surface area contributed by atoms with Gasteiger partial charge in [0.2, 0.25) is 0 Å². The van der Waals surface area contributed by atoms with Crippen LogP contribution in [0.3, 0.4) is 0 Å². The van der Waals surface area contributed by atoms with E-state index in [0.29, 0.717) is 10.7 Å². The number of nitrogens with one attached hydrogen (secondary N) is 3. The van der Waals surface area contributed by atoms with Crippen LogP contribution in [0.4, 0.5) is 5.69 Å². The van der Waals surface area contributed by atoms with Crippen LogP contribution in [-0.2, 0) is 0 Å². The summed E-state index contributed by atoms with van der Waals surface area (Å²) in [4.78, 5) is 15.7. The number of hydrogen-bond donors (Lipinski definition) is 3. The Morgan fingerprint density at radius 3 is 2.48 bits per heavy atom. The van der Waals surface area contributed by atoms with Crippen molar-refractivity contribution in [1.82, 2.24) is 15.8 Å². The number of aromatic nitrogens is 1. The van der Waals surface area contributed by atoms with Gasteiger partial charge in [0.15, 0.2) is 5.11 Å². The van der Waals surface area contributed by atoms with E-state index in [9.17, 15) is 4.79 Å². The SMILES string of the molecule is Cc1cc(C)cc(NC(=S)NNC(=O)c2cccnc2)c1. The van der Waals surface area contributed by atoms with Gasteiger partial charge in [-0.2, -0.15) is 0 Å². The predicted octanol–water partition coefficient (Wildman–Crippen LogP) is 2.33. The molecule has 0 atom stereocenters. The fourth-order valence-corrected chi connectivity index (χ4v) is 2.06. The highest BCUT2D eigenvalue weighted by Crippen LogP contribution is 2.13. The van der Waals surface area contributed by atoms with E-state index in [1.165, 1.54) is 6.20 Å². The van der Waals surface area contributed by atoms with E-state index in [4.69, 9.17) is 12.2 Å². The van der Waals surface area contributed by atoms with Crippen molar-refractivity contribution in [2.75, 3.05) is 5.32 Å². The van der Waals surface area contributed by atoms with Crippen LogP contribution >= 0.6 is 12.2 Å². The van der Waals surface area contributed by atoms with Gasteiger partial charge < -0.3 is 5.32 Å². The summed E-state index contributed by atoms with van der Waals surface area (Å²) in [6, 6.07) is 9.39. The van der Waals surface area contributed by atoms with Gasteiger partial charge in [-0.05, 0) is 61.5 Å². The Balaban J connectivity index is 1.89. The fraction of sp³-hybridized carbons (Fsp3) is 0.133. The van der Waals surface area contributed by atoms with Crippen molar-refractivity contribution in [3.63, 3.8) is 0 Å². The zero-order valence-corrected chi connectivity index (χ0v) is 12.6. The predicted molar refractivity (Wildman–Crippen MR) is 87.0 cm³/mol. The monoisotopic (exact) mass is 300 g/mol. The molecule has 21 heavy (non-hydrogen) atoms. The van der Waals surface area contributed by atoms with Crippen LogP contribution in [-0.4, -0.2) is 16.0 Å². The zero-order valence-electron chi connectivity index (χ0n) is 11.8. The highest BCUT2D eigenvalue weighted by atomic mass is 32.1. The number of benzene rings is 1. The maximum atomic E-state index is 11.8. The minimum absolute atomic E-state index is 0.298. The Kier molecular flexibility index (Phi) is 4.84. The van der Waals surface area contributed by atoms with E-state index in [1.54, 1.807) is 18.3 Å². The van der Waals surface area contributed by atoms with Gasteiger partial charge in [-0.3, -0.25) is 20.6 Å². The van der Waals surface area contributed by atoms with Crippen molar-refractivity contribution in [2.45, 2.75) is 13.8 Å². The van der Waals surface area contributed by atoms with Gasteiger partial charge >= 0.3 is 0 Å². The first kappa shape index (κ1) is 14.9. The van der Waals surface area contributed by atoms with Gasteiger partial charge in [0.25, 0.3) is 5.91 Å². The maximum absolute atomic E-state index is 11.8. The summed E-state index contributed by atoms with van der Waals surface area (Å²) in [5.41, 5.74) is 8.79. The summed E-state index contributed by atoms with van der Waals surface area (Å²) >= 11 is 5.14. The quantitative estimate of drug-likeness (QED) is 0.587. The first-order chi connectivity index (χ1) is 10.0. The van der Waals surface area contributed by atoms with E-state index in [0.717, 1.165) is 16.8 Å². The Morgan fingerprint density at radius 2 is 1.86 bits per heavy atom. The molecule has 2 rings (SSSR count). The number of amides is 1. The van der Waals surface area contributed by atoms with Gasteiger partial charge in [0.1, 0.15) is 0 Å². The molecule has 5 nitrogen and oxygen atoms in total. The Bertz CT molecular complexity index is 638. The van der Waals surface area contributed by atoms with E-state index in [1.807, 2.05) is 26.0 Å². The molecule has 108 valence electrons. The Labute approximate surface area is 128 Å². The van der Waals surface area contributed by atoms with Crippen molar-refractivity contribution in [2.24, 2.45) is 0 Å². The molecule has 0 spiro atoms. The number of carbonyl (C=O) groups excluding carboxylic acids is 1. The summed E-state index contributed by atoms with van der Waals surface area (Å²) in [5, 5.41) is 3.34. The van der Waals surface area contributed by atoms with E-state index >= 15 is 0 Å². The maximum Gasteiger partial charge on any atom is 0.271 e. The van der Waals surface area contributed by atoms with Crippen molar-refractivity contribution in [3.8, 4) is 0 Å². The highest BCUT2D eigenvalue weighted by molar-refractivity contribution is 7.80. The summed E-state index contributed by atoms with van der Waals surface area (Å²) in [6.07, 6.45) is 3.09. The summed E-state index contributed by atoms with van der Waals surface area (Å²) < 4.78 is 0. The lowest BCUT2D eigenvalue weighted by Crippen LogP contribution is -2.43. The smallest absolute Gasteiger partial charge is 0.271 e. The molecule has 0 aliphatic heterocycles. The number of rotatable bonds is 2. The van der Waals surface area contributed by atoms with Crippen LogP contribution in [0.2, 0.25) is 0 Å². The molecule has 1 amide bonds. The van der Waals surface area contributed by atoms with E-state index in [-0.39, 0.29) is 5.91 Å². The number of carbonyl (C=O) groups is 1. The number of nitrogens with zero attached hydrogens (tertiary/aromatic N) is 1. The first-order valence-electron chi connectivity index (χ1n) is 6.40. The summed E-state index contributed by atoms with van der Waals surface area (Å²) in [6.45, 7) is 4.03. The Hall–Kier alpha value is -2.47. The number of pyridine rings is 1. The normalized spacial score (nSPS) is 9.81. The van der Waals surface area contributed by atoms with Gasteiger partial charge in [0.05, 0.1) is 5.56 Å². The lowest BCUT2D eigenvalue weighted by atomic mass is 10.1. The zero-order chi connectivity index (χ0) is 15.2. The molecule has 2 aromatic rings. The number of hydrogen-bond acceptors (Lipinski definition) is 3. The highest BCUT2D eigenvalue weighted by Gasteiger charge is 2.05. The van der Waals surface area contributed by atoms with Crippen LogP contribution < -0.4 is 16.2 Å². The largest absolute Gasteiger partial charge is 0.331 e. The minimum Gasteiger partial charge on any atom is -0.331 e. The van der Waals surface area contributed by atoms with E-state index in [2.05, 4.69) is 27.2 Å². The Morgan fingerprint density at radius 1 is 1.14 bits per heavy atom. The lowest BCUT2D eigenvalue weighted by Gasteiger charge is -2.12. The molecule has 0 unspecified atom stereocenters. The third kappa shape index (κ3) is 4.54. The summed E-state index contributed by atoms with van der Waals surface area (Å²) in [7, 11) is 0. The lowest BCUT2D eigenvalue weighted by molar-refractivity contribution is 0.0944. The second kappa shape index (κ2) is 6.81. The average molecular weight is 300 g/mol. The van der Waals surface area contributed by atoms with Crippen LogP contribution in [0.25, 0.3) is 0 Å². The van der Waals surface area contributed by atoms with Gasteiger partial charge in [-0.25, -0.2) is 0 Å². The van der Waals surface area contributed by atoms with Crippen molar-refractivity contribution in [3.05, 3.63) is 59.4 Å². The molecule has 0 aliphatic rings. The molecule has 0 radical (unpaired) electrons. The van der Waals surface area contributed by atoms with E-state index < -0.39 is 0 Å². The molecule has 1 aromatic carbocycles. The van der Waals surface area contributed by atoms with Crippen LogP contribution in [0.1, 0.15) is 21.5 Å². The summed E-state index contributed by atoms with van der Waals surface area (Å²) in [5.74, 6) is -0.298. The topological polar surface area (TPSA) is 66.0 Å². The van der Waals surface area contributed by atoms with Crippen LogP contribution in [0, 0.1) is 13.8 Å². The van der Waals surface area contributed by atoms with Crippen molar-refractivity contribution < 1.29 is 4.79 Å². The molecular weight excluding hydrogens is 284 g/mol. The van der Waals surface area contributed by atoms with Gasteiger partial charge in [-0.1, -0.05) is 6.07 Å². The number of hydrazine groups is 1. The third-order valence-electron chi connectivity index (χ3n) is 2.69. The molecular formula is C15H16N4OS. The van der Waals surface area contributed by atoms with Crippen LogP contribution in [0.5, 0.6) is 0 Å². The van der Waals surface area contributed by atoms with Crippen molar-refractivity contribution in [1.29, 1.82) is 0 Å². The number of aryl methyl sites for hydroxylation is 2. The average Bonchev–Trinajstić information content (AvgIpc) is 2.44. The molecule has 0 fully saturated rings. The van der Waals surface area contributed by atoms with Gasteiger partial charge in [-0.15, -0.1) is 0 Å². The van der Waals surface area contributed by atoms with Crippen molar-refractivity contribution >= 4 is 28.9 Å². The minimum atomic E-state index is -0.298. The molecule has 0 saturated carbocycles. The van der Waals surface area contributed by atoms with Crippen LogP contribution in [0.15, 0.2) is 42.7 Å². The molecule has 0 bridgehead atoms. The molecule has 1 aromatic heterocycles. The fourth-order valence-electron chi connectivity index (χ4n) is 1.89. The second-order valence-electron chi connectivity index (χ2n) is 4.65. The van der Waals surface area contributed by atoms with Gasteiger partial charge in [0, 0.05) is 18.1 Å². The molecule has 6 heteroatoms. The molecule has 3 N–H and O–H groups in total. The number of anilines is 1. The molecule has 0 saturated heterocycles. The first-order valence-corrected chi connectivity index (χ1v) is 6.81. The number of thiocarbonyl (C=S) groups is 1. The second-order valence-corrected chi connectivity index (χ2v) is 5.06. The molecule has 0 aliphatic carbocycles. The molecule has 1 heterocycles. The third-order valence-corrected chi connectivity index (χ3v) is 2.90.